The van der Waals surface area contributed by atoms with E-state index >= 15 is 0 Å². The van der Waals surface area contributed by atoms with E-state index in [-0.39, 0.29) is 4.90 Å². The topological polar surface area (TPSA) is 90.4 Å². The molecule has 3 rings (SSSR count). The molecule has 7 nitrogen and oxygen atoms in total. The van der Waals surface area contributed by atoms with Gasteiger partial charge < -0.3 is 9.47 Å². The Morgan fingerprint density at radius 3 is 2.45 bits per heavy atom. The van der Waals surface area contributed by atoms with Crippen molar-refractivity contribution in [3.63, 3.8) is 0 Å². The van der Waals surface area contributed by atoms with E-state index in [2.05, 4.69) is 21.8 Å². The highest BCUT2D eigenvalue weighted by atomic mass is 32.2. The number of rotatable bonds is 9. The van der Waals surface area contributed by atoms with Gasteiger partial charge in [-0.3, -0.25) is 4.72 Å². The van der Waals surface area contributed by atoms with Gasteiger partial charge in [0, 0.05) is 17.3 Å². The zero-order valence-electron chi connectivity index (χ0n) is 16.3. The van der Waals surface area contributed by atoms with Gasteiger partial charge in [0.2, 0.25) is 5.88 Å². The standard InChI is InChI=1S/C21H23N3O4S/c1-3-4-14-28-18-8-10-19(11-9-18)29(25,26)24-17-7-5-6-16(15-17)20-12-13-21(27-2)23-22-20/h5-13,15,24H,3-4,14H2,1-2H3. The summed E-state index contributed by atoms with van der Waals surface area (Å²) in [6.45, 7) is 2.70. The predicted molar refractivity (Wildman–Crippen MR) is 112 cm³/mol. The van der Waals surface area contributed by atoms with Crippen molar-refractivity contribution in [1.29, 1.82) is 0 Å². The predicted octanol–water partition coefficient (Wildman–Crippen LogP) is 4.13. The van der Waals surface area contributed by atoms with Crippen molar-refractivity contribution in [1.82, 2.24) is 10.2 Å². The molecular formula is C21H23N3O4S. The minimum Gasteiger partial charge on any atom is -0.494 e. The Morgan fingerprint density at radius 2 is 1.79 bits per heavy atom. The molecule has 0 bridgehead atoms. The van der Waals surface area contributed by atoms with Gasteiger partial charge in [-0.15, -0.1) is 10.2 Å². The first-order chi connectivity index (χ1) is 14.0. The fourth-order valence-corrected chi connectivity index (χ4v) is 3.64. The van der Waals surface area contributed by atoms with Crippen LogP contribution in [0.15, 0.2) is 65.6 Å². The van der Waals surface area contributed by atoms with Gasteiger partial charge >= 0.3 is 0 Å². The van der Waals surface area contributed by atoms with Crippen molar-refractivity contribution in [2.45, 2.75) is 24.7 Å². The number of nitrogens with zero attached hydrogens (tertiary/aromatic N) is 2. The zero-order valence-corrected chi connectivity index (χ0v) is 17.1. The van der Waals surface area contributed by atoms with Crippen LogP contribution in [0.4, 0.5) is 5.69 Å². The molecule has 1 N–H and O–H groups in total. The average Bonchev–Trinajstić information content (AvgIpc) is 2.74. The molecule has 0 radical (unpaired) electrons. The maximum absolute atomic E-state index is 12.7. The van der Waals surface area contributed by atoms with Crippen LogP contribution in [0.25, 0.3) is 11.3 Å². The Hall–Kier alpha value is -3.13. The number of methoxy groups -OCH3 is 1. The van der Waals surface area contributed by atoms with Gasteiger partial charge in [0.25, 0.3) is 10.0 Å². The number of nitrogens with one attached hydrogen (secondary N) is 1. The van der Waals surface area contributed by atoms with Crippen LogP contribution >= 0.6 is 0 Å². The van der Waals surface area contributed by atoms with Crippen molar-refractivity contribution < 1.29 is 17.9 Å². The smallest absolute Gasteiger partial charge is 0.261 e. The first-order valence-corrected chi connectivity index (χ1v) is 10.7. The molecule has 152 valence electrons. The summed E-state index contributed by atoms with van der Waals surface area (Å²) in [6.07, 6.45) is 1.99. The number of ether oxygens (including phenoxy) is 2. The molecule has 2 aromatic carbocycles. The number of sulfonamides is 1. The Kier molecular flexibility index (Phi) is 6.66. The van der Waals surface area contributed by atoms with Crippen LogP contribution in [-0.4, -0.2) is 32.3 Å². The van der Waals surface area contributed by atoms with E-state index in [9.17, 15) is 8.42 Å². The molecule has 1 aromatic heterocycles. The SMILES string of the molecule is CCCCOc1ccc(S(=O)(=O)Nc2cccc(-c3ccc(OC)nn3)c2)cc1. The second kappa shape index (κ2) is 9.38. The first-order valence-electron chi connectivity index (χ1n) is 9.25. The van der Waals surface area contributed by atoms with Gasteiger partial charge in [0.1, 0.15) is 5.75 Å². The normalized spacial score (nSPS) is 11.1. The van der Waals surface area contributed by atoms with Crippen molar-refractivity contribution in [2.75, 3.05) is 18.4 Å². The van der Waals surface area contributed by atoms with E-state index in [1.807, 2.05) is 6.07 Å². The summed E-state index contributed by atoms with van der Waals surface area (Å²) in [4.78, 5) is 0.162. The maximum Gasteiger partial charge on any atom is 0.261 e. The van der Waals surface area contributed by atoms with Crippen molar-refractivity contribution in [3.05, 3.63) is 60.7 Å². The lowest BCUT2D eigenvalue weighted by Gasteiger charge is -2.10. The van der Waals surface area contributed by atoms with Gasteiger partial charge in [-0.2, -0.15) is 0 Å². The number of hydrogen-bond donors (Lipinski definition) is 1. The number of aromatic nitrogens is 2. The Balaban J connectivity index is 1.74. The summed E-state index contributed by atoms with van der Waals surface area (Å²) < 4.78 is 38.6. The minimum atomic E-state index is -3.73. The highest BCUT2D eigenvalue weighted by molar-refractivity contribution is 7.92. The van der Waals surface area contributed by atoms with Crippen molar-refractivity contribution >= 4 is 15.7 Å². The summed E-state index contributed by atoms with van der Waals surface area (Å²) in [5.41, 5.74) is 1.78. The monoisotopic (exact) mass is 413 g/mol. The Bertz CT molecular complexity index is 1040. The average molecular weight is 413 g/mol. The van der Waals surface area contributed by atoms with E-state index in [0.717, 1.165) is 18.4 Å². The summed E-state index contributed by atoms with van der Waals surface area (Å²) >= 11 is 0. The number of unbranched alkanes of at least 4 members (excludes halogenated alkanes) is 1. The summed E-state index contributed by atoms with van der Waals surface area (Å²) in [5.74, 6) is 1.06. The molecule has 3 aromatic rings. The van der Waals surface area contributed by atoms with Gasteiger partial charge in [-0.25, -0.2) is 8.42 Å². The summed E-state index contributed by atoms with van der Waals surface area (Å²) in [5, 5.41) is 8.03. The molecule has 0 atom stereocenters. The zero-order chi connectivity index (χ0) is 20.7. The molecule has 29 heavy (non-hydrogen) atoms. The molecule has 0 aliphatic heterocycles. The Labute approximate surface area is 170 Å². The molecule has 0 unspecified atom stereocenters. The van der Waals surface area contributed by atoms with Crippen LogP contribution in [0.3, 0.4) is 0 Å². The molecule has 0 spiro atoms. The van der Waals surface area contributed by atoms with E-state index in [1.165, 1.54) is 19.2 Å². The molecule has 0 aliphatic rings. The third-order valence-corrected chi connectivity index (χ3v) is 5.56. The van der Waals surface area contributed by atoms with Gasteiger partial charge in [-0.1, -0.05) is 25.5 Å². The van der Waals surface area contributed by atoms with Crippen molar-refractivity contribution in [3.8, 4) is 22.9 Å². The molecule has 1 heterocycles. The lowest BCUT2D eigenvalue weighted by Crippen LogP contribution is -2.13. The van der Waals surface area contributed by atoms with Crippen LogP contribution in [0, 0.1) is 0 Å². The van der Waals surface area contributed by atoms with E-state index in [4.69, 9.17) is 9.47 Å². The summed E-state index contributed by atoms with van der Waals surface area (Å²) in [6, 6.07) is 16.8. The lowest BCUT2D eigenvalue weighted by atomic mass is 10.1. The quantitative estimate of drug-likeness (QED) is 0.531. The van der Waals surface area contributed by atoms with Gasteiger partial charge in [-0.05, 0) is 48.9 Å². The number of anilines is 1. The van der Waals surface area contributed by atoms with E-state index in [1.54, 1.807) is 42.5 Å². The third kappa shape index (κ3) is 5.45. The van der Waals surface area contributed by atoms with Crippen LogP contribution in [0.1, 0.15) is 19.8 Å². The fraction of sp³-hybridized carbons (Fsp3) is 0.238. The fourth-order valence-electron chi connectivity index (χ4n) is 2.59. The van der Waals surface area contributed by atoms with Crippen LogP contribution in [0.2, 0.25) is 0 Å². The lowest BCUT2D eigenvalue weighted by molar-refractivity contribution is 0.309. The molecule has 0 amide bonds. The number of benzene rings is 2. The molecule has 8 heteroatoms. The van der Waals surface area contributed by atoms with E-state index in [0.29, 0.717) is 29.6 Å². The van der Waals surface area contributed by atoms with E-state index < -0.39 is 10.0 Å². The van der Waals surface area contributed by atoms with Crippen LogP contribution < -0.4 is 14.2 Å². The highest BCUT2D eigenvalue weighted by Gasteiger charge is 2.15. The number of hydrogen-bond acceptors (Lipinski definition) is 6. The largest absolute Gasteiger partial charge is 0.494 e. The molecule has 0 saturated carbocycles. The molecular weight excluding hydrogens is 390 g/mol. The second-order valence-corrected chi connectivity index (χ2v) is 8.00. The minimum absolute atomic E-state index is 0.162. The Morgan fingerprint density at radius 1 is 1.00 bits per heavy atom. The summed E-state index contributed by atoms with van der Waals surface area (Å²) in [7, 11) is -2.21. The first kappa shape index (κ1) is 20.6. The maximum atomic E-state index is 12.7. The third-order valence-electron chi connectivity index (χ3n) is 4.16. The second-order valence-electron chi connectivity index (χ2n) is 6.32. The molecule has 0 saturated heterocycles. The van der Waals surface area contributed by atoms with Crippen molar-refractivity contribution in [2.24, 2.45) is 0 Å². The van der Waals surface area contributed by atoms with Crippen LogP contribution in [0.5, 0.6) is 11.6 Å². The van der Waals surface area contributed by atoms with Crippen LogP contribution in [-0.2, 0) is 10.0 Å². The molecule has 0 fully saturated rings. The van der Waals surface area contributed by atoms with Gasteiger partial charge in [0.15, 0.2) is 0 Å². The highest BCUT2D eigenvalue weighted by Crippen LogP contribution is 2.24. The van der Waals surface area contributed by atoms with Gasteiger partial charge in [0.05, 0.1) is 24.3 Å². The molecule has 0 aliphatic carbocycles.